The third-order valence-electron chi connectivity index (χ3n) is 4.90. The Bertz CT molecular complexity index is 1040. The molecule has 0 radical (unpaired) electrons. The van der Waals surface area contributed by atoms with Gasteiger partial charge in [0, 0.05) is 23.0 Å². The van der Waals surface area contributed by atoms with Crippen LogP contribution in [0.1, 0.15) is 13.8 Å². The van der Waals surface area contributed by atoms with Crippen LogP contribution in [0, 0.1) is 0 Å². The van der Waals surface area contributed by atoms with Crippen molar-refractivity contribution < 1.29 is 9.53 Å². The number of carbonyl (C=O) groups is 1. The Labute approximate surface area is 213 Å². The zero-order valence-electron chi connectivity index (χ0n) is 18.1. The van der Waals surface area contributed by atoms with Crippen molar-refractivity contribution in [2.24, 2.45) is 0 Å². The van der Waals surface area contributed by atoms with Crippen LogP contribution >= 0.6 is 58.7 Å². The number of hydrogen-bond acceptors (Lipinski definition) is 6. The van der Waals surface area contributed by atoms with Gasteiger partial charge in [0.05, 0.1) is 15.2 Å². The number of thiazole rings is 1. The largest absolute Gasteiger partial charge is 0.482 e. The monoisotopic (exact) mass is 533 g/mol. The van der Waals surface area contributed by atoms with Crippen LogP contribution in [0.2, 0.25) is 10.0 Å². The molecule has 0 spiro atoms. The van der Waals surface area contributed by atoms with Gasteiger partial charge in [-0.25, -0.2) is 4.98 Å². The van der Waals surface area contributed by atoms with E-state index in [1.54, 1.807) is 34.9 Å². The molecule has 1 aromatic heterocycles. The van der Waals surface area contributed by atoms with E-state index in [4.69, 9.17) is 32.9 Å². The van der Waals surface area contributed by atoms with Crippen molar-refractivity contribution >= 4 is 80.0 Å². The summed E-state index contributed by atoms with van der Waals surface area (Å²) in [5.41, 5.74) is 0.889. The van der Waals surface area contributed by atoms with Gasteiger partial charge in [-0.15, -0.1) is 24.2 Å². The highest BCUT2D eigenvalue weighted by atomic mass is 35.5. The number of nitrogens with zero attached hydrogens (tertiary/aromatic N) is 3. The molecular weight excluding hydrogens is 509 g/mol. The van der Waals surface area contributed by atoms with Crippen LogP contribution in [0.25, 0.3) is 10.2 Å². The number of benzene rings is 2. The molecule has 0 saturated heterocycles. The van der Waals surface area contributed by atoms with Gasteiger partial charge in [-0.1, -0.05) is 48.4 Å². The first-order valence-electron chi connectivity index (χ1n) is 10.00. The maximum Gasteiger partial charge on any atom is 0.266 e. The number of fused-ring (bicyclic) bond motifs is 1. The second-order valence-corrected chi connectivity index (χ2v) is 9.50. The fraction of sp³-hybridized carbons (Fsp3) is 0.364. The number of aromatic nitrogens is 1. The Balaban J connectivity index is 0.00000363. The van der Waals surface area contributed by atoms with Gasteiger partial charge in [0.1, 0.15) is 5.75 Å². The molecule has 0 atom stereocenters. The maximum atomic E-state index is 13.2. The van der Waals surface area contributed by atoms with Gasteiger partial charge in [0.15, 0.2) is 11.7 Å². The van der Waals surface area contributed by atoms with E-state index in [2.05, 4.69) is 24.8 Å². The number of amides is 1. The Morgan fingerprint density at radius 3 is 2.53 bits per heavy atom. The van der Waals surface area contributed by atoms with E-state index in [1.807, 2.05) is 18.4 Å². The van der Waals surface area contributed by atoms with Crippen LogP contribution in [0.15, 0.2) is 41.3 Å². The number of ether oxygens (including phenoxy) is 1. The Morgan fingerprint density at radius 2 is 1.88 bits per heavy atom. The highest BCUT2D eigenvalue weighted by Gasteiger charge is 2.21. The SMILES string of the molecule is CCN(CC)CCN(C(=O)COc1ccc(Cl)cc1Cl)c1nc2ccc(SC)cc2s1.Cl. The van der Waals surface area contributed by atoms with Gasteiger partial charge in [-0.3, -0.25) is 9.69 Å². The molecule has 32 heavy (non-hydrogen) atoms. The van der Waals surface area contributed by atoms with Crippen LogP contribution in [0.5, 0.6) is 5.75 Å². The van der Waals surface area contributed by atoms with Gasteiger partial charge in [-0.05, 0) is 55.7 Å². The van der Waals surface area contributed by atoms with Crippen molar-refractivity contribution in [3.63, 3.8) is 0 Å². The van der Waals surface area contributed by atoms with Crippen molar-refractivity contribution in [1.29, 1.82) is 0 Å². The van der Waals surface area contributed by atoms with E-state index in [-0.39, 0.29) is 24.9 Å². The summed E-state index contributed by atoms with van der Waals surface area (Å²) >= 11 is 15.3. The van der Waals surface area contributed by atoms with Crippen molar-refractivity contribution in [1.82, 2.24) is 9.88 Å². The highest BCUT2D eigenvalue weighted by Crippen LogP contribution is 2.32. The van der Waals surface area contributed by atoms with Crippen LogP contribution in [0.3, 0.4) is 0 Å². The van der Waals surface area contributed by atoms with E-state index < -0.39 is 0 Å². The quantitative estimate of drug-likeness (QED) is 0.278. The first-order valence-corrected chi connectivity index (χ1v) is 12.8. The van der Waals surface area contributed by atoms with Crippen LogP contribution in [-0.4, -0.2) is 54.8 Å². The highest BCUT2D eigenvalue weighted by molar-refractivity contribution is 7.98. The molecule has 0 N–H and O–H groups in total. The van der Waals surface area contributed by atoms with Crippen molar-refractivity contribution in [3.8, 4) is 5.75 Å². The van der Waals surface area contributed by atoms with Gasteiger partial charge in [0.25, 0.3) is 5.91 Å². The third kappa shape index (κ3) is 6.89. The summed E-state index contributed by atoms with van der Waals surface area (Å²) in [4.78, 5) is 23.0. The molecule has 1 amide bonds. The molecule has 0 fully saturated rings. The minimum atomic E-state index is -0.165. The summed E-state index contributed by atoms with van der Waals surface area (Å²) in [6.45, 7) is 7.23. The molecule has 1 heterocycles. The van der Waals surface area contributed by atoms with E-state index in [9.17, 15) is 4.79 Å². The average molecular weight is 535 g/mol. The molecule has 3 rings (SSSR count). The number of carbonyl (C=O) groups excluding carboxylic acids is 1. The standard InChI is InChI=1S/C22H25Cl2N3O2S2.ClH/c1-4-26(5-2)10-11-27(21(28)14-29-19-9-6-15(23)12-17(19)24)22-25-18-8-7-16(30-3)13-20(18)31-22;/h6-9,12-13H,4-5,10-11,14H2,1-3H3;1H. The van der Waals surface area contributed by atoms with E-state index in [1.165, 1.54) is 16.2 Å². The molecular formula is C22H26Cl3N3O2S2. The first kappa shape index (κ1) is 27.0. The lowest BCUT2D eigenvalue weighted by molar-refractivity contribution is -0.120. The number of anilines is 1. The number of rotatable bonds is 10. The summed E-state index contributed by atoms with van der Waals surface area (Å²) in [7, 11) is 0. The van der Waals surface area contributed by atoms with E-state index >= 15 is 0 Å². The van der Waals surface area contributed by atoms with E-state index in [0.717, 1.165) is 29.9 Å². The minimum Gasteiger partial charge on any atom is -0.482 e. The molecule has 2 aromatic carbocycles. The molecule has 0 saturated carbocycles. The van der Waals surface area contributed by atoms with Gasteiger partial charge >= 0.3 is 0 Å². The molecule has 0 bridgehead atoms. The summed E-state index contributed by atoms with van der Waals surface area (Å²) in [5.74, 6) is 0.263. The van der Waals surface area contributed by atoms with Crippen molar-refractivity contribution in [2.75, 3.05) is 43.9 Å². The lowest BCUT2D eigenvalue weighted by Crippen LogP contribution is -2.41. The summed E-state index contributed by atoms with van der Waals surface area (Å²) in [6.07, 6.45) is 2.04. The normalized spacial score (nSPS) is 10.9. The predicted octanol–water partition coefficient (Wildman–Crippen LogP) is 6.50. The summed E-state index contributed by atoms with van der Waals surface area (Å²) in [5, 5.41) is 1.57. The van der Waals surface area contributed by atoms with Crippen molar-refractivity contribution in [2.45, 2.75) is 18.7 Å². The third-order valence-corrected chi connectivity index (χ3v) is 7.19. The number of thioether (sulfide) groups is 1. The molecule has 3 aromatic rings. The molecule has 0 aliphatic rings. The van der Waals surface area contributed by atoms with Crippen LogP contribution in [-0.2, 0) is 4.79 Å². The lowest BCUT2D eigenvalue weighted by atomic mass is 10.3. The zero-order valence-corrected chi connectivity index (χ0v) is 22.1. The second-order valence-electron chi connectivity index (χ2n) is 6.77. The summed E-state index contributed by atoms with van der Waals surface area (Å²) in [6, 6.07) is 11.1. The van der Waals surface area contributed by atoms with Crippen molar-refractivity contribution in [3.05, 3.63) is 46.4 Å². The first-order chi connectivity index (χ1) is 14.9. The van der Waals surface area contributed by atoms with Gasteiger partial charge in [0.2, 0.25) is 0 Å². The van der Waals surface area contributed by atoms with Crippen LogP contribution in [0.4, 0.5) is 5.13 Å². The van der Waals surface area contributed by atoms with Crippen LogP contribution < -0.4 is 9.64 Å². The predicted molar refractivity (Wildman–Crippen MR) is 141 cm³/mol. The van der Waals surface area contributed by atoms with Gasteiger partial charge in [-0.2, -0.15) is 0 Å². The fourth-order valence-electron chi connectivity index (χ4n) is 3.05. The number of halogens is 3. The number of hydrogen-bond donors (Lipinski definition) is 0. The lowest BCUT2D eigenvalue weighted by Gasteiger charge is -2.24. The zero-order chi connectivity index (χ0) is 22.4. The molecule has 0 aliphatic heterocycles. The Kier molecular flexibility index (Phi) is 10.9. The fourth-order valence-corrected chi connectivity index (χ4v) is 5.08. The molecule has 5 nitrogen and oxygen atoms in total. The molecule has 0 aliphatic carbocycles. The smallest absolute Gasteiger partial charge is 0.266 e. The van der Waals surface area contributed by atoms with Gasteiger partial charge < -0.3 is 9.64 Å². The second kappa shape index (κ2) is 12.9. The Morgan fingerprint density at radius 1 is 1.12 bits per heavy atom. The topological polar surface area (TPSA) is 45.7 Å². The molecule has 174 valence electrons. The number of likely N-dealkylation sites (N-methyl/N-ethyl adjacent to an activating group) is 1. The van der Waals surface area contributed by atoms with E-state index in [0.29, 0.717) is 27.5 Å². The molecule has 10 heteroatoms. The Hall–Kier alpha value is -1.22. The minimum absolute atomic E-state index is 0. The maximum absolute atomic E-state index is 13.2. The molecule has 0 unspecified atom stereocenters. The summed E-state index contributed by atoms with van der Waals surface area (Å²) < 4.78 is 6.76. The average Bonchev–Trinajstić information content (AvgIpc) is 3.18.